The molecule has 2 fully saturated rings. The predicted octanol–water partition coefficient (Wildman–Crippen LogP) is 5.20. The number of carbonyl (C=O) groups excluding carboxylic acids is 1. The summed E-state index contributed by atoms with van der Waals surface area (Å²) in [6.07, 6.45) is -1.37. The van der Waals surface area contributed by atoms with Crippen LogP contribution < -0.4 is 9.62 Å². The number of anilines is 1. The normalized spacial score (nSPS) is 22.1. The van der Waals surface area contributed by atoms with Crippen molar-refractivity contribution in [3.05, 3.63) is 58.1 Å². The van der Waals surface area contributed by atoms with E-state index in [-0.39, 0.29) is 32.9 Å². The van der Waals surface area contributed by atoms with Gasteiger partial charge in [-0.05, 0) is 87.7 Å². The van der Waals surface area contributed by atoms with Crippen molar-refractivity contribution in [3.63, 3.8) is 0 Å². The fourth-order valence-corrected chi connectivity index (χ4v) is 7.08. The smallest absolute Gasteiger partial charge is 0.335 e. The Balaban J connectivity index is 1.76. The number of benzene rings is 2. The van der Waals surface area contributed by atoms with E-state index in [0.29, 0.717) is 16.9 Å². The van der Waals surface area contributed by atoms with Gasteiger partial charge < -0.3 is 10.2 Å². The highest BCUT2D eigenvalue weighted by Crippen LogP contribution is 2.41. The van der Waals surface area contributed by atoms with Crippen molar-refractivity contribution < 1.29 is 26.4 Å². The average molecular weight is 564 g/mol. The molecule has 36 heavy (non-hydrogen) atoms. The van der Waals surface area contributed by atoms with Crippen LogP contribution in [0.25, 0.3) is 0 Å². The summed E-state index contributed by atoms with van der Waals surface area (Å²) in [4.78, 5) is 15.1. The van der Waals surface area contributed by atoms with Gasteiger partial charge in [0, 0.05) is 17.1 Å². The number of sulfonamides is 1. The summed E-state index contributed by atoms with van der Waals surface area (Å²) < 4.78 is 68.5. The molecule has 4 rings (SSSR count). The molecule has 2 saturated heterocycles. The lowest BCUT2D eigenvalue weighted by molar-refractivity contribution is -0.137. The maximum absolute atomic E-state index is 13.7. The topological polar surface area (TPSA) is 69.7 Å². The summed E-state index contributed by atoms with van der Waals surface area (Å²) in [7, 11) is -2.63. The molecule has 3 unspecified atom stereocenters. The van der Waals surface area contributed by atoms with Gasteiger partial charge in [-0.2, -0.15) is 13.2 Å². The molecule has 2 bridgehead atoms. The maximum atomic E-state index is 13.7. The third-order valence-corrected chi connectivity index (χ3v) is 9.28. The van der Waals surface area contributed by atoms with Crippen LogP contribution in [-0.4, -0.2) is 51.4 Å². The van der Waals surface area contributed by atoms with Crippen LogP contribution in [0.1, 0.15) is 31.2 Å². The number of hydrogen-bond donors (Lipinski definition) is 1. The minimum Gasteiger partial charge on any atom is -0.335 e. The molecule has 2 aromatic carbocycles. The first kappa shape index (κ1) is 27.0. The number of fused-ring (bicyclic) bond motifs is 2. The molecular formula is C24H26Cl2F3N3O3S. The summed E-state index contributed by atoms with van der Waals surface area (Å²) >= 11 is 12.1. The summed E-state index contributed by atoms with van der Waals surface area (Å²) in [6, 6.07) is 7.54. The first-order valence-electron chi connectivity index (χ1n) is 11.5. The Hall–Kier alpha value is -2.01. The SMILES string of the molecule is CNCC1CCC2CCC1N2C(=O)CN(c1cc(C(F)(F)F)ccc1Cl)S(=O)(=O)c1ccc(Cl)cc1. The summed E-state index contributed by atoms with van der Waals surface area (Å²) in [5, 5.41) is 3.21. The molecule has 0 saturated carbocycles. The number of amides is 1. The van der Waals surface area contributed by atoms with E-state index in [9.17, 15) is 26.4 Å². The van der Waals surface area contributed by atoms with Crippen molar-refractivity contribution in [1.82, 2.24) is 10.2 Å². The molecule has 1 amide bonds. The Kier molecular flexibility index (Phi) is 7.81. The van der Waals surface area contributed by atoms with Gasteiger partial charge in [0.2, 0.25) is 5.91 Å². The molecule has 6 nitrogen and oxygen atoms in total. The Morgan fingerprint density at radius 3 is 2.39 bits per heavy atom. The van der Waals surface area contributed by atoms with Crippen molar-refractivity contribution in [2.75, 3.05) is 24.4 Å². The van der Waals surface area contributed by atoms with Gasteiger partial charge in [-0.3, -0.25) is 9.10 Å². The largest absolute Gasteiger partial charge is 0.416 e. The van der Waals surface area contributed by atoms with E-state index >= 15 is 0 Å². The van der Waals surface area contributed by atoms with Gasteiger partial charge >= 0.3 is 6.18 Å². The van der Waals surface area contributed by atoms with E-state index in [2.05, 4.69) is 5.32 Å². The number of piperidine rings is 1. The molecule has 3 atom stereocenters. The van der Waals surface area contributed by atoms with Gasteiger partial charge in [0.25, 0.3) is 10.0 Å². The molecule has 0 spiro atoms. The van der Waals surface area contributed by atoms with Gasteiger partial charge in [-0.15, -0.1) is 0 Å². The monoisotopic (exact) mass is 563 g/mol. The van der Waals surface area contributed by atoms with Gasteiger partial charge in [-0.1, -0.05) is 23.2 Å². The number of nitrogens with zero attached hydrogens (tertiary/aromatic N) is 2. The Morgan fingerprint density at radius 1 is 1.08 bits per heavy atom. The van der Waals surface area contributed by atoms with Gasteiger partial charge in [-0.25, -0.2) is 8.42 Å². The van der Waals surface area contributed by atoms with Crippen molar-refractivity contribution in [3.8, 4) is 0 Å². The van der Waals surface area contributed by atoms with Gasteiger partial charge in [0.05, 0.1) is 21.2 Å². The first-order valence-corrected chi connectivity index (χ1v) is 13.7. The van der Waals surface area contributed by atoms with E-state index in [1.165, 1.54) is 24.3 Å². The number of rotatable bonds is 7. The fraction of sp³-hybridized carbons (Fsp3) is 0.458. The molecule has 0 aliphatic carbocycles. The standard InChI is InChI=1S/C24H26Cl2F3N3O3S/c1-30-13-15-2-6-18-7-11-21(15)32(18)23(33)14-31(36(34,35)19-8-4-17(25)5-9-19)22-12-16(24(27,28)29)3-10-20(22)26/h3-5,8-10,12,15,18,21,30H,2,6-7,11,13-14H2,1H3. The molecule has 2 aliphatic rings. The Labute approximate surface area is 218 Å². The zero-order valence-corrected chi connectivity index (χ0v) is 21.8. The van der Waals surface area contributed by atoms with E-state index in [1.54, 1.807) is 4.90 Å². The number of carbonyl (C=O) groups is 1. The maximum Gasteiger partial charge on any atom is 0.416 e. The number of nitrogens with one attached hydrogen (secondary N) is 1. The molecule has 0 radical (unpaired) electrons. The average Bonchev–Trinajstić information content (AvgIpc) is 3.14. The minimum absolute atomic E-state index is 0.0207. The molecule has 2 aromatic rings. The number of alkyl halides is 3. The first-order chi connectivity index (χ1) is 16.9. The van der Waals surface area contributed by atoms with Crippen molar-refractivity contribution in [2.45, 2.75) is 48.8 Å². The zero-order valence-electron chi connectivity index (χ0n) is 19.4. The van der Waals surface area contributed by atoms with Crippen LogP contribution >= 0.6 is 23.2 Å². The van der Waals surface area contributed by atoms with E-state index < -0.39 is 39.9 Å². The third kappa shape index (κ3) is 5.32. The Bertz CT molecular complexity index is 1230. The van der Waals surface area contributed by atoms with Crippen LogP contribution in [0.2, 0.25) is 10.0 Å². The lowest BCUT2D eigenvalue weighted by Gasteiger charge is -2.41. The van der Waals surface area contributed by atoms with Crippen LogP contribution in [0.15, 0.2) is 47.4 Å². The second-order valence-corrected chi connectivity index (χ2v) is 11.8. The van der Waals surface area contributed by atoms with Crippen molar-refractivity contribution in [1.29, 1.82) is 0 Å². The van der Waals surface area contributed by atoms with Crippen LogP contribution in [0.5, 0.6) is 0 Å². The highest BCUT2D eigenvalue weighted by molar-refractivity contribution is 7.92. The highest BCUT2D eigenvalue weighted by Gasteiger charge is 2.45. The predicted molar refractivity (Wildman–Crippen MR) is 133 cm³/mol. The molecular weight excluding hydrogens is 538 g/mol. The molecule has 12 heteroatoms. The summed E-state index contributed by atoms with van der Waals surface area (Å²) in [5.74, 6) is -0.245. The van der Waals surface area contributed by atoms with Crippen molar-refractivity contribution >= 4 is 44.8 Å². The van der Waals surface area contributed by atoms with Crippen LogP contribution in [0.4, 0.5) is 18.9 Å². The molecule has 1 N–H and O–H groups in total. The van der Waals surface area contributed by atoms with Crippen LogP contribution in [0, 0.1) is 5.92 Å². The number of halogens is 5. The second kappa shape index (κ2) is 10.4. The minimum atomic E-state index is -4.73. The summed E-state index contributed by atoms with van der Waals surface area (Å²) in [5.41, 5.74) is -1.48. The second-order valence-electron chi connectivity index (χ2n) is 9.12. The van der Waals surface area contributed by atoms with Crippen molar-refractivity contribution in [2.24, 2.45) is 5.92 Å². The number of hydrogen-bond acceptors (Lipinski definition) is 4. The highest BCUT2D eigenvalue weighted by atomic mass is 35.5. The van der Waals surface area contributed by atoms with Gasteiger partial charge in [0.15, 0.2) is 0 Å². The van der Waals surface area contributed by atoms with Gasteiger partial charge in [0.1, 0.15) is 6.54 Å². The van der Waals surface area contributed by atoms with E-state index in [0.717, 1.165) is 37.8 Å². The zero-order chi connectivity index (χ0) is 26.3. The van der Waals surface area contributed by atoms with Crippen LogP contribution in [-0.2, 0) is 21.0 Å². The fourth-order valence-electron chi connectivity index (χ4n) is 5.26. The molecule has 2 aliphatic heterocycles. The Morgan fingerprint density at radius 2 is 1.75 bits per heavy atom. The summed E-state index contributed by atoms with van der Waals surface area (Å²) in [6.45, 7) is 0.0404. The molecule has 196 valence electrons. The third-order valence-electron chi connectivity index (χ3n) is 6.94. The van der Waals surface area contributed by atoms with E-state index in [1.807, 2.05) is 7.05 Å². The van der Waals surface area contributed by atoms with E-state index in [4.69, 9.17) is 23.2 Å². The molecule has 0 aromatic heterocycles. The lowest BCUT2D eigenvalue weighted by atomic mass is 9.90. The quantitative estimate of drug-likeness (QED) is 0.503. The van der Waals surface area contributed by atoms with Crippen LogP contribution in [0.3, 0.4) is 0 Å². The molecule has 2 heterocycles. The lowest BCUT2D eigenvalue weighted by Crippen LogP contribution is -2.53.